The molecule has 20 heavy (non-hydrogen) atoms. The van der Waals surface area contributed by atoms with Gasteiger partial charge in [0.25, 0.3) is 5.91 Å². The fourth-order valence-electron chi connectivity index (χ4n) is 1.98. The second-order valence-electron chi connectivity index (χ2n) is 5.04. The number of aromatic amines is 1. The van der Waals surface area contributed by atoms with Crippen LogP contribution in [0.25, 0.3) is 0 Å². The highest BCUT2D eigenvalue weighted by molar-refractivity contribution is 9.10. The molecular weight excluding hydrogens is 322 g/mol. The van der Waals surface area contributed by atoms with Crippen molar-refractivity contribution in [3.05, 3.63) is 34.1 Å². The molecule has 0 aliphatic rings. The number of carbonyl (C=O) groups excluding carboxylic acids is 1. The van der Waals surface area contributed by atoms with E-state index in [1.807, 2.05) is 37.6 Å². The van der Waals surface area contributed by atoms with Crippen molar-refractivity contribution in [1.82, 2.24) is 24.6 Å². The summed E-state index contributed by atoms with van der Waals surface area (Å²) in [4.78, 5) is 18.3. The van der Waals surface area contributed by atoms with E-state index in [1.165, 1.54) is 0 Å². The molecule has 6 nitrogen and oxygen atoms in total. The largest absolute Gasteiger partial charge is 0.340 e. The van der Waals surface area contributed by atoms with Crippen LogP contribution in [0.3, 0.4) is 0 Å². The van der Waals surface area contributed by atoms with E-state index in [0.717, 1.165) is 10.3 Å². The van der Waals surface area contributed by atoms with Gasteiger partial charge in [-0.25, -0.2) is 4.98 Å². The lowest BCUT2D eigenvalue weighted by Gasteiger charge is -2.18. The van der Waals surface area contributed by atoms with Crippen LogP contribution < -0.4 is 0 Å². The Hall–Kier alpha value is -1.63. The Morgan fingerprint density at radius 3 is 2.80 bits per heavy atom. The Kier molecular flexibility index (Phi) is 4.27. The lowest BCUT2D eigenvalue weighted by atomic mass is 10.3. The number of nitrogens with one attached hydrogen (secondary N) is 1. The lowest BCUT2D eigenvalue weighted by Crippen LogP contribution is -2.29. The maximum Gasteiger partial charge on any atom is 0.270 e. The van der Waals surface area contributed by atoms with Crippen molar-refractivity contribution in [2.24, 2.45) is 0 Å². The molecule has 2 aromatic heterocycles. The summed E-state index contributed by atoms with van der Waals surface area (Å²) in [6, 6.07) is 2.06. The average molecular weight is 340 g/mol. The summed E-state index contributed by atoms with van der Waals surface area (Å²) in [7, 11) is 1.75. The third-order valence-electron chi connectivity index (χ3n) is 2.96. The molecule has 0 aliphatic carbocycles. The summed E-state index contributed by atoms with van der Waals surface area (Å²) in [5.74, 6) is 1.31. The van der Waals surface area contributed by atoms with Gasteiger partial charge in [-0.2, -0.15) is 5.10 Å². The average Bonchev–Trinajstić information content (AvgIpc) is 2.94. The number of aromatic nitrogens is 4. The van der Waals surface area contributed by atoms with Crippen molar-refractivity contribution in [1.29, 1.82) is 0 Å². The van der Waals surface area contributed by atoms with Crippen LogP contribution in [0.15, 0.2) is 16.7 Å². The van der Waals surface area contributed by atoms with Gasteiger partial charge in [0.1, 0.15) is 11.5 Å². The molecule has 0 saturated heterocycles. The fourth-order valence-corrected chi connectivity index (χ4v) is 2.42. The number of nitrogens with zero attached hydrogens (tertiary/aromatic N) is 4. The Balaban J connectivity index is 2.18. The summed E-state index contributed by atoms with van der Waals surface area (Å²) in [6.45, 7) is 6.30. The molecular formula is C13H18BrN5O. The molecule has 0 unspecified atom stereocenters. The molecule has 0 aliphatic heterocycles. The van der Waals surface area contributed by atoms with E-state index in [1.54, 1.807) is 11.9 Å². The van der Waals surface area contributed by atoms with Gasteiger partial charge in [0, 0.05) is 23.8 Å². The second kappa shape index (κ2) is 5.78. The summed E-state index contributed by atoms with van der Waals surface area (Å²) in [6.07, 6.45) is 1.92. The molecule has 0 saturated carbocycles. The van der Waals surface area contributed by atoms with Crippen LogP contribution >= 0.6 is 15.9 Å². The monoisotopic (exact) mass is 339 g/mol. The van der Waals surface area contributed by atoms with Crippen molar-refractivity contribution in [2.75, 3.05) is 7.05 Å². The van der Waals surface area contributed by atoms with Gasteiger partial charge in [0.15, 0.2) is 5.82 Å². The first-order valence-corrected chi connectivity index (χ1v) is 7.18. The number of halogens is 1. The van der Waals surface area contributed by atoms with E-state index >= 15 is 0 Å². The lowest BCUT2D eigenvalue weighted by molar-refractivity contribution is 0.0769. The molecule has 1 N–H and O–H groups in total. The number of hydrogen-bond acceptors (Lipinski definition) is 3. The number of hydrogen-bond donors (Lipinski definition) is 1. The first-order chi connectivity index (χ1) is 9.38. The summed E-state index contributed by atoms with van der Waals surface area (Å²) in [5, 5.41) is 6.82. The van der Waals surface area contributed by atoms with Gasteiger partial charge in [-0.15, -0.1) is 0 Å². The first kappa shape index (κ1) is 14.8. The Morgan fingerprint density at radius 1 is 1.55 bits per heavy atom. The zero-order valence-electron chi connectivity index (χ0n) is 12.0. The van der Waals surface area contributed by atoms with E-state index < -0.39 is 0 Å². The Bertz CT molecular complexity index is 616. The van der Waals surface area contributed by atoms with Crippen LogP contribution in [0, 0.1) is 6.92 Å². The third kappa shape index (κ3) is 3.09. The van der Waals surface area contributed by atoms with Gasteiger partial charge < -0.3 is 9.47 Å². The maximum atomic E-state index is 12.5. The fraction of sp³-hybridized carbons (Fsp3) is 0.462. The van der Waals surface area contributed by atoms with Crippen molar-refractivity contribution in [2.45, 2.75) is 33.4 Å². The minimum Gasteiger partial charge on any atom is -0.340 e. The smallest absolute Gasteiger partial charge is 0.270 e. The number of rotatable bonds is 4. The molecule has 0 bridgehead atoms. The minimum atomic E-state index is -0.0492. The highest BCUT2D eigenvalue weighted by atomic mass is 79.9. The standard InChI is InChI=1S/C13H18BrN5O/c1-8(2)19-6-10(14)5-11(19)13(20)18(4)7-12-15-9(3)16-17-12/h5-6,8H,7H2,1-4H3,(H,15,16,17). The van der Waals surface area contributed by atoms with Gasteiger partial charge in [0.05, 0.1) is 6.54 Å². The molecule has 1 amide bonds. The van der Waals surface area contributed by atoms with Crippen molar-refractivity contribution in [3.63, 3.8) is 0 Å². The molecule has 7 heteroatoms. The van der Waals surface area contributed by atoms with Gasteiger partial charge in [-0.1, -0.05) is 0 Å². The number of carbonyl (C=O) groups is 1. The summed E-state index contributed by atoms with van der Waals surface area (Å²) in [5.41, 5.74) is 0.654. The first-order valence-electron chi connectivity index (χ1n) is 6.39. The zero-order valence-corrected chi connectivity index (χ0v) is 13.6. The van der Waals surface area contributed by atoms with E-state index in [0.29, 0.717) is 18.1 Å². The second-order valence-corrected chi connectivity index (χ2v) is 5.96. The van der Waals surface area contributed by atoms with Crippen LogP contribution in [0.1, 0.15) is 42.0 Å². The highest BCUT2D eigenvalue weighted by Crippen LogP contribution is 2.20. The van der Waals surface area contributed by atoms with Crippen molar-refractivity contribution in [3.8, 4) is 0 Å². The van der Waals surface area contributed by atoms with Crippen LogP contribution in [0.5, 0.6) is 0 Å². The molecule has 0 fully saturated rings. The van der Waals surface area contributed by atoms with E-state index in [9.17, 15) is 4.79 Å². The molecule has 2 heterocycles. The van der Waals surface area contributed by atoms with Crippen LogP contribution in [0.4, 0.5) is 0 Å². The predicted molar refractivity (Wildman–Crippen MR) is 79.4 cm³/mol. The molecule has 2 rings (SSSR count). The van der Waals surface area contributed by atoms with Crippen molar-refractivity contribution < 1.29 is 4.79 Å². The SMILES string of the molecule is Cc1nc(CN(C)C(=O)c2cc(Br)cn2C(C)C)n[nH]1. The van der Waals surface area contributed by atoms with Gasteiger partial charge in [-0.3, -0.25) is 9.89 Å². The van der Waals surface area contributed by atoms with Crippen LogP contribution in [0.2, 0.25) is 0 Å². The molecule has 0 radical (unpaired) electrons. The number of aryl methyl sites for hydroxylation is 1. The third-order valence-corrected chi connectivity index (χ3v) is 3.39. The van der Waals surface area contributed by atoms with E-state index in [4.69, 9.17) is 0 Å². The Morgan fingerprint density at radius 2 is 2.25 bits per heavy atom. The quantitative estimate of drug-likeness (QED) is 0.930. The molecule has 0 aromatic carbocycles. The van der Waals surface area contributed by atoms with Crippen LogP contribution in [-0.4, -0.2) is 37.6 Å². The van der Waals surface area contributed by atoms with Crippen molar-refractivity contribution >= 4 is 21.8 Å². The molecule has 2 aromatic rings. The minimum absolute atomic E-state index is 0.0492. The summed E-state index contributed by atoms with van der Waals surface area (Å²) < 4.78 is 2.85. The topological polar surface area (TPSA) is 66.8 Å². The highest BCUT2D eigenvalue weighted by Gasteiger charge is 2.19. The molecule has 108 valence electrons. The summed E-state index contributed by atoms with van der Waals surface area (Å²) >= 11 is 3.42. The van der Waals surface area contributed by atoms with E-state index in [2.05, 4.69) is 31.1 Å². The Labute approximate surface area is 126 Å². The maximum absolute atomic E-state index is 12.5. The van der Waals surface area contributed by atoms with Gasteiger partial charge in [0.2, 0.25) is 0 Å². The van der Waals surface area contributed by atoms with Gasteiger partial charge >= 0.3 is 0 Å². The van der Waals surface area contributed by atoms with Gasteiger partial charge in [-0.05, 0) is 42.8 Å². The normalized spacial score (nSPS) is 11.1. The molecule has 0 atom stereocenters. The molecule has 0 spiro atoms. The van der Waals surface area contributed by atoms with E-state index in [-0.39, 0.29) is 11.9 Å². The predicted octanol–water partition coefficient (Wildman–Crippen LogP) is 2.53. The number of H-pyrrole nitrogens is 1. The van der Waals surface area contributed by atoms with Crippen LogP contribution in [-0.2, 0) is 6.54 Å². The number of amides is 1. The zero-order chi connectivity index (χ0) is 14.9.